The quantitative estimate of drug-likeness (QED) is 0.928. The first-order valence-corrected chi connectivity index (χ1v) is 6.78. The summed E-state index contributed by atoms with van der Waals surface area (Å²) in [4.78, 5) is 0. The second-order valence-corrected chi connectivity index (χ2v) is 4.91. The van der Waals surface area contributed by atoms with Gasteiger partial charge in [-0.25, -0.2) is 0 Å². The molecule has 1 aliphatic rings. The predicted molar refractivity (Wildman–Crippen MR) is 73.9 cm³/mol. The van der Waals surface area contributed by atoms with E-state index in [0.29, 0.717) is 19.0 Å². The minimum atomic E-state index is -0.525. The number of hydrogen-bond donors (Lipinski definition) is 1. The molecule has 20 heavy (non-hydrogen) atoms. The summed E-state index contributed by atoms with van der Waals surface area (Å²) in [5.41, 5.74) is 2.86. The van der Waals surface area contributed by atoms with Crippen molar-refractivity contribution in [3.8, 4) is 11.5 Å². The molecule has 1 aliphatic heterocycles. The summed E-state index contributed by atoms with van der Waals surface area (Å²) in [5.74, 6) is 1.44. The number of aromatic nitrogens is 2. The number of fused-ring (bicyclic) bond motifs is 1. The zero-order chi connectivity index (χ0) is 14.1. The fraction of sp³-hybridized carbons (Fsp3) is 0.400. The molecular weight excluding hydrogens is 256 g/mol. The van der Waals surface area contributed by atoms with E-state index in [2.05, 4.69) is 12.0 Å². The third-order valence-corrected chi connectivity index (χ3v) is 3.41. The Labute approximate surface area is 117 Å². The summed E-state index contributed by atoms with van der Waals surface area (Å²) in [5, 5.41) is 14.1. The maximum atomic E-state index is 9.67. The van der Waals surface area contributed by atoms with E-state index < -0.39 is 6.10 Å². The van der Waals surface area contributed by atoms with E-state index in [4.69, 9.17) is 9.47 Å². The standard InChI is InChI=1S/C15H18N2O3/c1-3-17-11(6-10(2)16-17)8-19-12-4-5-13-14(18)9-20-15(13)7-12/h4-7,14,18H,3,8-9H2,1-2H3. The molecular formula is C15H18N2O3. The highest BCUT2D eigenvalue weighted by molar-refractivity contribution is 5.44. The van der Waals surface area contributed by atoms with Gasteiger partial charge >= 0.3 is 0 Å². The number of ether oxygens (including phenoxy) is 2. The number of benzene rings is 1. The smallest absolute Gasteiger partial charge is 0.130 e. The van der Waals surface area contributed by atoms with Crippen LogP contribution >= 0.6 is 0 Å². The first kappa shape index (κ1) is 13.0. The van der Waals surface area contributed by atoms with Gasteiger partial charge < -0.3 is 14.6 Å². The Kier molecular flexibility index (Phi) is 3.36. The fourth-order valence-electron chi connectivity index (χ4n) is 2.41. The molecule has 106 valence electrons. The van der Waals surface area contributed by atoms with Crippen LogP contribution in [0.4, 0.5) is 0 Å². The van der Waals surface area contributed by atoms with Crippen molar-refractivity contribution < 1.29 is 14.6 Å². The minimum Gasteiger partial charge on any atom is -0.490 e. The number of aliphatic hydroxyl groups is 1. The molecule has 5 heteroatoms. The molecule has 0 fully saturated rings. The van der Waals surface area contributed by atoms with Gasteiger partial charge in [0.15, 0.2) is 0 Å². The van der Waals surface area contributed by atoms with Crippen molar-refractivity contribution in [1.29, 1.82) is 0 Å². The molecule has 3 rings (SSSR count). The predicted octanol–water partition coefficient (Wildman–Crippen LogP) is 2.22. The third-order valence-electron chi connectivity index (χ3n) is 3.41. The van der Waals surface area contributed by atoms with Crippen LogP contribution in [0.15, 0.2) is 24.3 Å². The summed E-state index contributed by atoms with van der Waals surface area (Å²) < 4.78 is 13.1. The molecule has 1 N–H and O–H groups in total. The van der Waals surface area contributed by atoms with Crippen molar-refractivity contribution in [3.05, 3.63) is 41.2 Å². The number of rotatable bonds is 4. The van der Waals surface area contributed by atoms with Crippen LogP contribution in [0.5, 0.6) is 11.5 Å². The molecule has 0 amide bonds. The van der Waals surface area contributed by atoms with E-state index in [1.165, 1.54) is 0 Å². The molecule has 1 aromatic carbocycles. The van der Waals surface area contributed by atoms with Crippen LogP contribution in [-0.4, -0.2) is 21.5 Å². The molecule has 0 spiro atoms. The van der Waals surface area contributed by atoms with Gasteiger partial charge in [-0.15, -0.1) is 0 Å². The maximum Gasteiger partial charge on any atom is 0.130 e. The molecule has 0 bridgehead atoms. The summed E-state index contributed by atoms with van der Waals surface area (Å²) in [6, 6.07) is 7.56. The lowest BCUT2D eigenvalue weighted by Gasteiger charge is -2.09. The number of aliphatic hydroxyl groups excluding tert-OH is 1. The SMILES string of the molecule is CCn1nc(C)cc1COc1ccc2c(c1)OCC2O. The topological polar surface area (TPSA) is 56.5 Å². The first-order valence-electron chi connectivity index (χ1n) is 6.78. The lowest BCUT2D eigenvalue weighted by Crippen LogP contribution is -2.06. The maximum absolute atomic E-state index is 9.67. The zero-order valence-corrected chi connectivity index (χ0v) is 11.7. The molecule has 2 heterocycles. The molecule has 5 nitrogen and oxygen atoms in total. The van der Waals surface area contributed by atoms with Crippen LogP contribution in [0.25, 0.3) is 0 Å². The van der Waals surface area contributed by atoms with Gasteiger partial charge in [-0.2, -0.15) is 5.10 Å². The Hall–Kier alpha value is -2.01. The molecule has 0 radical (unpaired) electrons. The molecule has 0 saturated carbocycles. The first-order chi connectivity index (χ1) is 9.67. The van der Waals surface area contributed by atoms with E-state index >= 15 is 0 Å². The van der Waals surface area contributed by atoms with Crippen molar-refractivity contribution in [2.75, 3.05) is 6.61 Å². The summed E-state index contributed by atoms with van der Waals surface area (Å²) in [6.07, 6.45) is -0.525. The van der Waals surface area contributed by atoms with Crippen molar-refractivity contribution in [1.82, 2.24) is 9.78 Å². The average Bonchev–Trinajstić information content (AvgIpc) is 2.99. The summed E-state index contributed by atoms with van der Waals surface area (Å²) in [6.45, 7) is 5.64. The van der Waals surface area contributed by atoms with Crippen molar-refractivity contribution in [3.63, 3.8) is 0 Å². The normalized spacial score (nSPS) is 16.9. The number of hydrogen-bond acceptors (Lipinski definition) is 4. The Morgan fingerprint density at radius 3 is 3.10 bits per heavy atom. The lowest BCUT2D eigenvalue weighted by molar-refractivity contribution is 0.140. The van der Waals surface area contributed by atoms with Gasteiger partial charge in [0.25, 0.3) is 0 Å². The van der Waals surface area contributed by atoms with Crippen LogP contribution in [0, 0.1) is 6.92 Å². The highest BCUT2D eigenvalue weighted by atomic mass is 16.5. The number of aryl methyl sites for hydroxylation is 2. The van der Waals surface area contributed by atoms with Gasteiger partial charge in [-0.1, -0.05) is 0 Å². The highest BCUT2D eigenvalue weighted by Crippen LogP contribution is 2.35. The van der Waals surface area contributed by atoms with Crippen LogP contribution in [0.1, 0.15) is 30.0 Å². The summed E-state index contributed by atoms with van der Waals surface area (Å²) in [7, 11) is 0. The van der Waals surface area contributed by atoms with Crippen molar-refractivity contribution in [2.45, 2.75) is 33.1 Å². The third kappa shape index (κ3) is 2.36. The monoisotopic (exact) mass is 274 g/mol. The van der Waals surface area contributed by atoms with E-state index in [1.54, 1.807) is 0 Å². The van der Waals surface area contributed by atoms with Crippen LogP contribution in [-0.2, 0) is 13.2 Å². The molecule has 1 aromatic heterocycles. The summed E-state index contributed by atoms with van der Waals surface area (Å²) >= 11 is 0. The Morgan fingerprint density at radius 1 is 1.45 bits per heavy atom. The Balaban J connectivity index is 1.72. The van der Waals surface area contributed by atoms with Crippen LogP contribution in [0.3, 0.4) is 0 Å². The van der Waals surface area contributed by atoms with Gasteiger partial charge in [0.05, 0.1) is 11.4 Å². The minimum absolute atomic E-state index is 0.320. The Morgan fingerprint density at radius 2 is 2.30 bits per heavy atom. The molecule has 1 atom stereocenters. The second-order valence-electron chi connectivity index (χ2n) is 4.91. The Bertz CT molecular complexity index is 622. The van der Waals surface area contributed by atoms with Gasteiger partial charge in [0, 0.05) is 18.2 Å². The highest BCUT2D eigenvalue weighted by Gasteiger charge is 2.22. The van der Waals surface area contributed by atoms with Gasteiger partial charge in [0.1, 0.15) is 30.8 Å². The van der Waals surface area contributed by atoms with Gasteiger partial charge in [0.2, 0.25) is 0 Å². The van der Waals surface area contributed by atoms with Gasteiger partial charge in [-0.3, -0.25) is 4.68 Å². The van der Waals surface area contributed by atoms with E-state index in [1.807, 2.05) is 35.9 Å². The molecule has 0 saturated heterocycles. The van der Waals surface area contributed by atoms with Crippen molar-refractivity contribution >= 4 is 0 Å². The van der Waals surface area contributed by atoms with Gasteiger partial charge in [-0.05, 0) is 32.0 Å². The second kappa shape index (κ2) is 5.17. The van der Waals surface area contributed by atoms with E-state index in [-0.39, 0.29) is 0 Å². The molecule has 2 aromatic rings. The lowest BCUT2D eigenvalue weighted by atomic mass is 10.1. The zero-order valence-electron chi connectivity index (χ0n) is 11.7. The molecule has 0 aliphatic carbocycles. The van der Waals surface area contributed by atoms with E-state index in [0.717, 1.165) is 29.2 Å². The van der Waals surface area contributed by atoms with Crippen LogP contribution < -0.4 is 9.47 Å². The fourth-order valence-corrected chi connectivity index (χ4v) is 2.41. The largest absolute Gasteiger partial charge is 0.490 e. The number of nitrogens with zero attached hydrogens (tertiary/aromatic N) is 2. The molecule has 1 unspecified atom stereocenters. The average molecular weight is 274 g/mol. The van der Waals surface area contributed by atoms with Crippen LogP contribution in [0.2, 0.25) is 0 Å². The van der Waals surface area contributed by atoms with Crippen molar-refractivity contribution in [2.24, 2.45) is 0 Å². The van der Waals surface area contributed by atoms with E-state index in [9.17, 15) is 5.11 Å².